The molecule has 0 aliphatic carbocycles. The van der Waals surface area contributed by atoms with Gasteiger partial charge in [-0.3, -0.25) is 4.79 Å². The Labute approximate surface area is 79.8 Å². The predicted molar refractivity (Wildman–Crippen MR) is 49.5 cm³/mol. The van der Waals surface area contributed by atoms with Crippen molar-refractivity contribution in [3.05, 3.63) is 45.8 Å². The summed E-state index contributed by atoms with van der Waals surface area (Å²) in [5.74, 6) is 0. The van der Waals surface area contributed by atoms with Crippen molar-refractivity contribution < 1.29 is 4.79 Å². The van der Waals surface area contributed by atoms with Crippen molar-refractivity contribution in [3.8, 4) is 0 Å². The summed E-state index contributed by atoms with van der Waals surface area (Å²) in [5.41, 5.74) is 9.34. The van der Waals surface area contributed by atoms with Gasteiger partial charge in [0.2, 0.25) is 0 Å². The Morgan fingerprint density at radius 2 is 2.08 bits per heavy atom. The summed E-state index contributed by atoms with van der Waals surface area (Å²) >= 11 is 5.24. The standard InChI is InChI=1S/C8H6ClN3O/c9-8(13)7-3-1-6(2-4-7)5-11-12-10/h1-4H,5H2. The molecule has 0 saturated heterocycles. The molecule has 0 amide bonds. The van der Waals surface area contributed by atoms with E-state index in [2.05, 4.69) is 10.0 Å². The fourth-order valence-corrected chi connectivity index (χ4v) is 0.980. The van der Waals surface area contributed by atoms with Gasteiger partial charge >= 0.3 is 0 Å². The van der Waals surface area contributed by atoms with E-state index >= 15 is 0 Å². The van der Waals surface area contributed by atoms with Gasteiger partial charge in [0, 0.05) is 10.5 Å². The van der Waals surface area contributed by atoms with Crippen molar-refractivity contribution in [2.45, 2.75) is 6.54 Å². The van der Waals surface area contributed by atoms with E-state index in [9.17, 15) is 4.79 Å². The van der Waals surface area contributed by atoms with Crippen LogP contribution in [0, 0.1) is 0 Å². The first-order valence-electron chi connectivity index (χ1n) is 3.53. The lowest BCUT2D eigenvalue weighted by Crippen LogP contribution is -1.88. The van der Waals surface area contributed by atoms with Gasteiger partial charge in [-0.1, -0.05) is 17.2 Å². The number of nitrogens with zero attached hydrogens (tertiary/aromatic N) is 3. The maximum atomic E-state index is 10.7. The second-order valence-corrected chi connectivity index (χ2v) is 2.70. The number of hydrogen-bond acceptors (Lipinski definition) is 2. The van der Waals surface area contributed by atoms with Crippen LogP contribution in [-0.4, -0.2) is 5.24 Å². The summed E-state index contributed by atoms with van der Waals surface area (Å²) in [6.07, 6.45) is 0. The average molecular weight is 196 g/mol. The molecule has 13 heavy (non-hydrogen) atoms. The zero-order valence-corrected chi connectivity index (χ0v) is 7.40. The van der Waals surface area contributed by atoms with Crippen molar-refractivity contribution >= 4 is 16.8 Å². The van der Waals surface area contributed by atoms with E-state index in [1.54, 1.807) is 24.3 Å². The average Bonchev–Trinajstić information content (AvgIpc) is 2.15. The van der Waals surface area contributed by atoms with E-state index in [1.165, 1.54) is 0 Å². The largest absolute Gasteiger partial charge is 0.276 e. The van der Waals surface area contributed by atoms with Crippen LogP contribution < -0.4 is 0 Å². The van der Waals surface area contributed by atoms with Gasteiger partial charge in [0.25, 0.3) is 5.24 Å². The van der Waals surface area contributed by atoms with Crippen LogP contribution >= 0.6 is 11.6 Å². The lowest BCUT2D eigenvalue weighted by atomic mass is 10.1. The highest BCUT2D eigenvalue weighted by Gasteiger charge is 1.99. The zero-order chi connectivity index (χ0) is 9.68. The van der Waals surface area contributed by atoms with E-state index in [0.717, 1.165) is 5.56 Å². The number of rotatable bonds is 3. The molecule has 0 N–H and O–H groups in total. The molecule has 0 heterocycles. The Morgan fingerprint density at radius 1 is 1.46 bits per heavy atom. The molecule has 0 aromatic heterocycles. The van der Waals surface area contributed by atoms with E-state index in [4.69, 9.17) is 17.1 Å². The van der Waals surface area contributed by atoms with Crippen molar-refractivity contribution in [2.75, 3.05) is 0 Å². The molecule has 0 spiro atoms. The number of halogens is 1. The summed E-state index contributed by atoms with van der Waals surface area (Å²) in [6.45, 7) is 0.285. The molecule has 0 fully saturated rings. The SMILES string of the molecule is [N-]=[N+]=NCc1ccc(C(=O)Cl)cc1. The smallest absolute Gasteiger partial charge is 0.252 e. The first-order chi connectivity index (χ1) is 6.24. The van der Waals surface area contributed by atoms with Crippen molar-refractivity contribution in [1.29, 1.82) is 0 Å². The first-order valence-corrected chi connectivity index (χ1v) is 3.91. The van der Waals surface area contributed by atoms with Crippen LogP contribution in [0.3, 0.4) is 0 Å². The van der Waals surface area contributed by atoms with Gasteiger partial charge in [0.1, 0.15) is 0 Å². The van der Waals surface area contributed by atoms with Gasteiger partial charge in [-0.2, -0.15) is 0 Å². The summed E-state index contributed by atoms with van der Waals surface area (Å²) in [4.78, 5) is 13.3. The van der Waals surface area contributed by atoms with Gasteiger partial charge in [0.05, 0.1) is 6.54 Å². The highest BCUT2D eigenvalue weighted by molar-refractivity contribution is 6.67. The highest BCUT2D eigenvalue weighted by Crippen LogP contribution is 2.07. The normalized spacial score (nSPS) is 9.00. The Hall–Kier alpha value is -1.51. The number of carbonyl (C=O) groups excluding carboxylic acids is 1. The molecule has 0 aliphatic heterocycles. The Morgan fingerprint density at radius 3 is 2.54 bits per heavy atom. The third kappa shape index (κ3) is 2.78. The monoisotopic (exact) mass is 195 g/mol. The molecule has 0 aliphatic rings. The molecule has 0 unspecified atom stereocenters. The van der Waals surface area contributed by atoms with Crippen LogP contribution in [0.1, 0.15) is 15.9 Å². The topological polar surface area (TPSA) is 65.8 Å². The number of hydrogen-bond donors (Lipinski definition) is 0. The molecule has 0 atom stereocenters. The van der Waals surface area contributed by atoms with Gasteiger partial charge < -0.3 is 0 Å². The van der Waals surface area contributed by atoms with Crippen molar-refractivity contribution in [2.24, 2.45) is 5.11 Å². The fraction of sp³-hybridized carbons (Fsp3) is 0.125. The maximum Gasteiger partial charge on any atom is 0.252 e. The lowest BCUT2D eigenvalue weighted by molar-refractivity contribution is 0.108. The molecular weight excluding hydrogens is 190 g/mol. The number of carbonyl (C=O) groups is 1. The fourth-order valence-electron chi connectivity index (χ4n) is 0.854. The molecule has 1 aromatic rings. The van der Waals surface area contributed by atoms with E-state index in [1.807, 2.05) is 0 Å². The molecular formula is C8H6ClN3O. The van der Waals surface area contributed by atoms with Crippen LogP contribution in [0.2, 0.25) is 0 Å². The molecule has 0 radical (unpaired) electrons. The minimum absolute atomic E-state index is 0.285. The van der Waals surface area contributed by atoms with Gasteiger partial charge in [0.15, 0.2) is 0 Å². The van der Waals surface area contributed by atoms with Crippen LogP contribution in [0.4, 0.5) is 0 Å². The minimum Gasteiger partial charge on any atom is -0.276 e. The Balaban J connectivity index is 2.80. The van der Waals surface area contributed by atoms with Crippen LogP contribution in [0.25, 0.3) is 10.4 Å². The third-order valence-corrected chi connectivity index (χ3v) is 1.72. The van der Waals surface area contributed by atoms with E-state index < -0.39 is 5.24 Å². The zero-order valence-electron chi connectivity index (χ0n) is 6.64. The molecule has 0 saturated carbocycles. The summed E-state index contributed by atoms with van der Waals surface area (Å²) in [7, 11) is 0. The predicted octanol–water partition coefficient (Wildman–Crippen LogP) is 2.88. The molecule has 5 heteroatoms. The lowest BCUT2D eigenvalue weighted by Gasteiger charge is -1.96. The van der Waals surface area contributed by atoms with Crippen molar-refractivity contribution in [1.82, 2.24) is 0 Å². The Kier molecular flexibility index (Phi) is 3.31. The highest BCUT2D eigenvalue weighted by atomic mass is 35.5. The molecule has 4 nitrogen and oxygen atoms in total. The molecule has 66 valence electrons. The van der Waals surface area contributed by atoms with Crippen LogP contribution in [-0.2, 0) is 6.54 Å². The second-order valence-electron chi connectivity index (χ2n) is 2.36. The van der Waals surface area contributed by atoms with Gasteiger partial charge in [-0.15, -0.1) is 0 Å². The second kappa shape index (κ2) is 4.50. The maximum absolute atomic E-state index is 10.7. The third-order valence-electron chi connectivity index (χ3n) is 1.50. The molecule has 0 bridgehead atoms. The summed E-state index contributed by atoms with van der Waals surface area (Å²) in [5, 5.41) is 2.89. The van der Waals surface area contributed by atoms with E-state index in [-0.39, 0.29) is 6.54 Å². The molecule has 1 aromatic carbocycles. The minimum atomic E-state index is -0.490. The summed E-state index contributed by atoms with van der Waals surface area (Å²) < 4.78 is 0. The van der Waals surface area contributed by atoms with Crippen LogP contribution in [0.5, 0.6) is 0 Å². The summed E-state index contributed by atoms with van der Waals surface area (Å²) in [6, 6.07) is 6.59. The van der Waals surface area contributed by atoms with Gasteiger partial charge in [-0.05, 0) is 34.8 Å². The Bertz CT molecular complexity index is 354. The molecule has 1 rings (SSSR count). The first kappa shape index (κ1) is 9.58. The quantitative estimate of drug-likeness (QED) is 0.317. The van der Waals surface area contributed by atoms with Gasteiger partial charge in [-0.25, -0.2) is 0 Å². The van der Waals surface area contributed by atoms with Crippen LogP contribution in [0.15, 0.2) is 29.4 Å². The van der Waals surface area contributed by atoms with E-state index in [0.29, 0.717) is 5.56 Å². The van der Waals surface area contributed by atoms with Crippen molar-refractivity contribution in [3.63, 3.8) is 0 Å². The number of azide groups is 1. The number of benzene rings is 1.